The van der Waals surface area contributed by atoms with Gasteiger partial charge in [-0.15, -0.1) is 0 Å². The lowest BCUT2D eigenvalue weighted by molar-refractivity contribution is 0.0601. The van der Waals surface area contributed by atoms with Crippen molar-refractivity contribution >= 4 is 22.4 Å². The first-order chi connectivity index (χ1) is 10.8. The summed E-state index contributed by atoms with van der Waals surface area (Å²) in [5.74, 6) is -0.325. The van der Waals surface area contributed by atoms with Gasteiger partial charge in [-0.25, -0.2) is 4.79 Å². The number of carbonyl (C=O) groups excluding carboxylic acids is 1. The van der Waals surface area contributed by atoms with Crippen LogP contribution >= 0.6 is 0 Å². The van der Waals surface area contributed by atoms with Gasteiger partial charge in [-0.05, 0) is 34.5 Å². The molecule has 0 saturated carbocycles. The maximum absolute atomic E-state index is 11.6. The molecule has 0 spiro atoms. The van der Waals surface area contributed by atoms with E-state index in [1.54, 1.807) is 12.1 Å². The summed E-state index contributed by atoms with van der Waals surface area (Å²) in [5, 5.41) is 5.83. The molecule has 22 heavy (non-hydrogen) atoms. The minimum Gasteiger partial charge on any atom is -0.465 e. The standard InChI is InChI=1S/C19H17NO2/c1-22-19(21)15-8-5-10-17(12-15)20-13-16-9-4-7-14-6-2-3-11-18(14)16/h2-12,20H,13H2,1H3. The highest BCUT2D eigenvalue weighted by atomic mass is 16.5. The van der Waals surface area contributed by atoms with Gasteiger partial charge in [0.2, 0.25) is 0 Å². The molecule has 0 amide bonds. The molecule has 3 aromatic carbocycles. The van der Waals surface area contributed by atoms with Gasteiger partial charge in [-0.3, -0.25) is 0 Å². The third-order valence-electron chi connectivity index (χ3n) is 3.65. The summed E-state index contributed by atoms with van der Waals surface area (Å²) in [6.45, 7) is 0.700. The van der Waals surface area contributed by atoms with Crippen LogP contribution in [-0.2, 0) is 11.3 Å². The number of carbonyl (C=O) groups is 1. The molecule has 0 bridgehead atoms. The molecule has 0 radical (unpaired) electrons. The Balaban J connectivity index is 1.81. The molecular formula is C19H17NO2. The number of fused-ring (bicyclic) bond motifs is 1. The Labute approximate surface area is 129 Å². The highest BCUT2D eigenvalue weighted by molar-refractivity contribution is 5.90. The van der Waals surface area contributed by atoms with Crippen LogP contribution in [0.5, 0.6) is 0 Å². The average Bonchev–Trinajstić information content (AvgIpc) is 2.59. The molecule has 1 N–H and O–H groups in total. The van der Waals surface area contributed by atoms with Gasteiger partial charge in [-0.2, -0.15) is 0 Å². The van der Waals surface area contributed by atoms with E-state index in [0.29, 0.717) is 12.1 Å². The number of rotatable bonds is 4. The van der Waals surface area contributed by atoms with Crippen LogP contribution in [0.2, 0.25) is 0 Å². The first kappa shape index (κ1) is 14.1. The third-order valence-corrected chi connectivity index (χ3v) is 3.65. The van der Waals surface area contributed by atoms with Crippen molar-refractivity contribution < 1.29 is 9.53 Å². The Morgan fingerprint density at radius 2 is 1.77 bits per heavy atom. The molecule has 3 rings (SSSR count). The van der Waals surface area contributed by atoms with Crippen LogP contribution in [-0.4, -0.2) is 13.1 Å². The number of methoxy groups -OCH3 is 1. The van der Waals surface area contributed by atoms with Gasteiger partial charge in [0.25, 0.3) is 0 Å². The largest absolute Gasteiger partial charge is 0.465 e. The zero-order chi connectivity index (χ0) is 15.4. The zero-order valence-corrected chi connectivity index (χ0v) is 12.4. The van der Waals surface area contributed by atoms with Gasteiger partial charge in [0.05, 0.1) is 12.7 Å². The van der Waals surface area contributed by atoms with Crippen LogP contribution in [0.15, 0.2) is 66.7 Å². The van der Waals surface area contributed by atoms with Crippen LogP contribution in [0.1, 0.15) is 15.9 Å². The third kappa shape index (κ3) is 2.93. The molecule has 0 aromatic heterocycles. The van der Waals surface area contributed by atoms with Crippen LogP contribution in [0.25, 0.3) is 10.8 Å². The first-order valence-electron chi connectivity index (χ1n) is 7.17. The van der Waals surface area contributed by atoms with E-state index in [4.69, 9.17) is 4.74 Å². The fourth-order valence-corrected chi connectivity index (χ4v) is 2.52. The molecule has 0 fully saturated rings. The predicted octanol–water partition coefficient (Wildman–Crippen LogP) is 4.24. The lowest BCUT2D eigenvalue weighted by Gasteiger charge is -2.10. The predicted molar refractivity (Wildman–Crippen MR) is 89.1 cm³/mol. The maximum atomic E-state index is 11.6. The SMILES string of the molecule is COC(=O)c1cccc(NCc2cccc3ccccc23)c1. The van der Waals surface area contributed by atoms with Crippen LogP contribution < -0.4 is 5.32 Å². The van der Waals surface area contributed by atoms with E-state index in [-0.39, 0.29) is 5.97 Å². The summed E-state index contributed by atoms with van der Waals surface area (Å²) in [4.78, 5) is 11.6. The van der Waals surface area contributed by atoms with E-state index in [1.165, 1.54) is 23.4 Å². The smallest absolute Gasteiger partial charge is 0.337 e. The van der Waals surface area contributed by atoms with Crippen molar-refractivity contribution in [3.8, 4) is 0 Å². The minimum absolute atomic E-state index is 0.325. The van der Waals surface area contributed by atoms with Crippen LogP contribution in [0.3, 0.4) is 0 Å². The number of esters is 1. The Bertz CT molecular complexity index is 806. The van der Waals surface area contributed by atoms with E-state index >= 15 is 0 Å². The molecule has 0 aliphatic carbocycles. The summed E-state index contributed by atoms with van der Waals surface area (Å²) in [5.41, 5.74) is 2.67. The molecule has 0 heterocycles. The summed E-state index contributed by atoms with van der Waals surface area (Å²) in [6, 6.07) is 21.9. The average molecular weight is 291 g/mol. The minimum atomic E-state index is -0.325. The highest BCUT2D eigenvalue weighted by Crippen LogP contribution is 2.20. The summed E-state index contributed by atoms with van der Waals surface area (Å²) in [7, 11) is 1.39. The Hall–Kier alpha value is -2.81. The van der Waals surface area contributed by atoms with Crippen molar-refractivity contribution in [2.75, 3.05) is 12.4 Å². The van der Waals surface area contributed by atoms with E-state index in [1.807, 2.05) is 24.3 Å². The Morgan fingerprint density at radius 3 is 2.64 bits per heavy atom. The van der Waals surface area contributed by atoms with Crippen molar-refractivity contribution in [3.05, 3.63) is 77.9 Å². The van der Waals surface area contributed by atoms with E-state index in [2.05, 4.69) is 35.6 Å². The van der Waals surface area contributed by atoms with Crippen LogP contribution in [0, 0.1) is 0 Å². The fourth-order valence-electron chi connectivity index (χ4n) is 2.52. The van der Waals surface area contributed by atoms with Crippen molar-refractivity contribution in [1.82, 2.24) is 0 Å². The molecule has 0 aliphatic heterocycles. The van der Waals surface area contributed by atoms with E-state index in [0.717, 1.165) is 5.69 Å². The number of benzene rings is 3. The van der Waals surface area contributed by atoms with Crippen molar-refractivity contribution in [3.63, 3.8) is 0 Å². The quantitative estimate of drug-likeness (QED) is 0.731. The van der Waals surface area contributed by atoms with Gasteiger partial charge in [0, 0.05) is 12.2 Å². The molecule has 3 nitrogen and oxygen atoms in total. The molecule has 3 heteroatoms. The maximum Gasteiger partial charge on any atom is 0.337 e. The first-order valence-corrected chi connectivity index (χ1v) is 7.17. The molecule has 3 aromatic rings. The molecule has 110 valence electrons. The van der Waals surface area contributed by atoms with Gasteiger partial charge in [0.15, 0.2) is 0 Å². The fraction of sp³-hybridized carbons (Fsp3) is 0.105. The lowest BCUT2D eigenvalue weighted by atomic mass is 10.0. The monoisotopic (exact) mass is 291 g/mol. The molecular weight excluding hydrogens is 274 g/mol. The van der Waals surface area contributed by atoms with Crippen molar-refractivity contribution in [2.24, 2.45) is 0 Å². The van der Waals surface area contributed by atoms with Gasteiger partial charge < -0.3 is 10.1 Å². The number of anilines is 1. The van der Waals surface area contributed by atoms with E-state index < -0.39 is 0 Å². The molecule has 0 unspecified atom stereocenters. The Kier molecular flexibility index (Phi) is 4.05. The number of hydrogen-bond donors (Lipinski definition) is 1. The zero-order valence-electron chi connectivity index (χ0n) is 12.4. The Morgan fingerprint density at radius 1 is 1.00 bits per heavy atom. The van der Waals surface area contributed by atoms with Crippen molar-refractivity contribution in [1.29, 1.82) is 0 Å². The van der Waals surface area contributed by atoms with Gasteiger partial charge in [-0.1, -0.05) is 48.5 Å². The normalized spacial score (nSPS) is 10.4. The van der Waals surface area contributed by atoms with Gasteiger partial charge in [0.1, 0.15) is 0 Å². The second-order valence-corrected chi connectivity index (χ2v) is 5.06. The summed E-state index contributed by atoms with van der Waals surface area (Å²) >= 11 is 0. The summed E-state index contributed by atoms with van der Waals surface area (Å²) in [6.07, 6.45) is 0. The molecule has 0 aliphatic rings. The molecule has 0 saturated heterocycles. The second kappa shape index (κ2) is 6.31. The molecule has 0 atom stereocenters. The van der Waals surface area contributed by atoms with Crippen molar-refractivity contribution in [2.45, 2.75) is 6.54 Å². The number of hydrogen-bond acceptors (Lipinski definition) is 3. The van der Waals surface area contributed by atoms with E-state index in [9.17, 15) is 4.79 Å². The lowest BCUT2D eigenvalue weighted by Crippen LogP contribution is -2.04. The second-order valence-electron chi connectivity index (χ2n) is 5.06. The summed E-state index contributed by atoms with van der Waals surface area (Å²) < 4.78 is 4.74. The number of nitrogens with one attached hydrogen (secondary N) is 1. The number of ether oxygens (including phenoxy) is 1. The topological polar surface area (TPSA) is 38.3 Å². The van der Waals surface area contributed by atoms with Crippen LogP contribution in [0.4, 0.5) is 5.69 Å². The highest BCUT2D eigenvalue weighted by Gasteiger charge is 2.06. The van der Waals surface area contributed by atoms with Gasteiger partial charge >= 0.3 is 5.97 Å².